The van der Waals surface area contributed by atoms with Crippen LogP contribution in [0.4, 0.5) is 5.69 Å². The van der Waals surface area contributed by atoms with Crippen molar-refractivity contribution in [2.45, 2.75) is 24.6 Å². The van der Waals surface area contributed by atoms with E-state index >= 15 is 0 Å². The summed E-state index contributed by atoms with van der Waals surface area (Å²) in [5, 5.41) is 3.11. The fraction of sp³-hybridized carbons (Fsp3) is 0.429. The monoisotopic (exact) mass is 276 g/mol. The van der Waals surface area contributed by atoms with Gasteiger partial charge < -0.3 is 10.2 Å². The van der Waals surface area contributed by atoms with E-state index in [1.165, 1.54) is 0 Å². The highest BCUT2D eigenvalue weighted by molar-refractivity contribution is 7.99. The third kappa shape index (κ3) is 2.02. The van der Waals surface area contributed by atoms with E-state index in [9.17, 15) is 9.59 Å². The lowest BCUT2D eigenvalue weighted by atomic mass is 10.1. The van der Waals surface area contributed by atoms with Crippen molar-refractivity contribution in [3.05, 3.63) is 29.8 Å². The summed E-state index contributed by atoms with van der Waals surface area (Å²) in [4.78, 5) is 26.6. The molecule has 1 aromatic rings. The Labute approximate surface area is 116 Å². The third-order valence-corrected chi connectivity index (χ3v) is 4.92. The average Bonchev–Trinajstić information content (AvgIpc) is 2.78. The van der Waals surface area contributed by atoms with Gasteiger partial charge in [0.15, 0.2) is 0 Å². The van der Waals surface area contributed by atoms with Crippen molar-refractivity contribution < 1.29 is 9.59 Å². The van der Waals surface area contributed by atoms with Crippen LogP contribution in [0.25, 0.3) is 0 Å². The van der Waals surface area contributed by atoms with Gasteiger partial charge in [0.1, 0.15) is 6.04 Å². The van der Waals surface area contributed by atoms with Gasteiger partial charge in [0.2, 0.25) is 5.91 Å². The largest absolute Gasteiger partial charge is 0.325 e. The number of benzene rings is 1. The van der Waals surface area contributed by atoms with Crippen molar-refractivity contribution >= 4 is 29.3 Å². The molecule has 0 spiro atoms. The van der Waals surface area contributed by atoms with Crippen LogP contribution in [-0.2, 0) is 4.79 Å². The van der Waals surface area contributed by atoms with Gasteiger partial charge in [0.05, 0.1) is 11.3 Å². The van der Waals surface area contributed by atoms with Crippen LogP contribution in [0.2, 0.25) is 0 Å². The van der Waals surface area contributed by atoms with Gasteiger partial charge in [0, 0.05) is 11.8 Å². The van der Waals surface area contributed by atoms with Crippen LogP contribution in [0.1, 0.15) is 23.7 Å². The zero-order valence-corrected chi connectivity index (χ0v) is 11.6. The predicted molar refractivity (Wildman–Crippen MR) is 76.4 cm³/mol. The fourth-order valence-corrected chi connectivity index (χ4v) is 3.98. The van der Waals surface area contributed by atoms with Crippen molar-refractivity contribution in [2.75, 3.05) is 17.6 Å². The molecule has 1 saturated heterocycles. The Morgan fingerprint density at radius 1 is 1.37 bits per heavy atom. The number of anilines is 1. The summed E-state index contributed by atoms with van der Waals surface area (Å²) in [7, 11) is 0. The number of carbonyl (C=O) groups excluding carboxylic acids is 2. The second-order valence-electron chi connectivity index (χ2n) is 4.76. The number of rotatable bonds is 2. The molecule has 1 fully saturated rings. The molecule has 19 heavy (non-hydrogen) atoms. The molecule has 1 N–H and O–H groups in total. The summed E-state index contributed by atoms with van der Waals surface area (Å²) in [5.41, 5.74) is 1.23. The van der Waals surface area contributed by atoms with E-state index in [4.69, 9.17) is 0 Å². The lowest BCUT2D eigenvalue weighted by Crippen LogP contribution is -2.44. The highest BCUT2D eigenvalue weighted by Crippen LogP contribution is 2.34. The Bertz CT molecular complexity index is 532. The number of thioether (sulfide) groups is 1. The highest BCUT2D eigenvalue weighted by Gasteiger charge is 2.44. The Morgan fingerprint density at radius 3 is 2.95 bits per heavy atom. The zero-order chi connectivity index (χ0) is 13.4. The summed E-state index contributed by atoms with van der Waals surface area (Å²) in [6.07, 6.45) is 0.893. The molecule has 2 unspecified atom stereocenters. The molecule has 100 valence electrons. The first-order valence-corrected chi connectivity index (χ1v) is 7.59. The average molecular weight is 276 g/mol. The molecule has 2 aliphatic rings. The minimum atomic E-state index is -0.329. The third-order valence-electron chi connectivity index (χ3n) is 3.67. The number of hydrogen-bond donors (Lipinski definition) is 1. The molecule has 0 radical (unpaired) electrons. The number of nitrogens with zero attached hydrogens (tertiary/aromatic N) is 1. The minimum Gasteiger partial charge on any atom is -0.325 e. The highest BCUT2D eigenvalue weighted by atomic mass is 32.2. The summed E-state index contributed by atoms with van der Waals surface area (Å²) in [5.74, 6) is 0.878. The SMILES string of the molecule is CCSC1CCN2C(=O)c3ccccc3NC(=O)C12. The first-order chi connectivity index (χ1) is 9.22. The summed E-state index contributed by atoms with van der Waals surface area (Å²) in [6.45, 7) is 2.75. The number of para-hydroxylation sites is 1. The topological polar surface area (TPSA) is 49.4 Å². The number of nitrogens with one attached hydrogen (secondary N) is 1. The molecular weight excluding hydrogens is 260 g/mol. The van der Waals surface area contributed by atoms with Gasteiger partial charge in [-0.05, 0) is 24.3 Å². The maximum atomic E-state index is 12.5. The van der Waals surface area contributed by atoms with Gasteiger partial charge in [-0.1, -0.05) is 19.1 Å². The van der Waals surface area contributed by atoms with Gasteiger partial charge in [0.25, 0.3) is 5.91 Å². The van der Waals surface area contributed by atoms with Crippen molar-refractivity contribution in [3.63, 3.8) is 0 Å². The molecule has 0 saturated carbocycles. The van der Waals surface area contributed by atoms with Crippen molar-refractivity contribution in [3.8, 4) is 0 Å². The van der Waals surface area contributed by atoms with Gasteiger partial charge in [-0.2, -0.15) is 11.8 Å². The summed E-state index contributed by atoms with van der Waals surface area (Å²) >= 11 is 1.76. The Hall–Kier alpha value is -1.49. The molecule has 2 atom stereocenters. The Kier molecular flexibility index (Phi) is 3.22. The first kappa shape index (κ1) is 12.5. The summed E-state index contributed by atoms with van der Waals surface area (Å²) in [6, 6.07) is 6.90. The number of fused-ring (bicyclic) bond motifs is 2. The Morgan fingerprint density at radius 2 is 2.16 bits per heavy atom. The Balaban J connectivity index is 1.99. The maximum absolute atomic E-state index is 12.5. The molecule has 4 nitrogen and oxygen atoms in total. The molecule has 0 aromatic heterocycles. The molecule has 5 heteroatoms. The van der Waals surface area contributed by atoms with Crippen LogP contribution in [0.5, 0.6) is 0 Å². The lowest BCUT2D eigenvalue weighted by Gasteiger charge is -2.23. The zero-order valence-electron chi connectivity index (χ0n) is 10.8. The van der Waals surface area contributed by atoms with Crippen LogP contribution < -0.4 is 5.32 Å². The van der Waals surface area contributed by atoms with Crippen LogP contribution in [0, 0.1) is 0 Å². The van der Waals surface area contributed by atoms with E-state index in [0.29, 0.717) is 17.8 Å². The predicted octanol–water partition coefficient (Wildman–Crippen LogP) is 1.97. The van der Waals surface area contributed by atoms with Crippen LogP contribution in [0.3, 0.4) is 0 Å². The van der Waals surface area contributed by atoms with Gasteiger partial charge in [-0.3, -0.25) is 9.59 Å². The first-order valence-electron chi connectivity index (χ1n) is 6.55. The van der Waals surface area contributed by atoms with E-state index in [1.807, 2.05) is 12.1 Å². The van der Waals surface area contributed by atoms with Crippen molar-refractivity contribution in [1.82, 2.24) is 4.90 Å². The number of hydrogen-bond acceptors (Lipinski definition) is 3. The van der Waals surface area contributed by atoms with Crippen molar-refractivity contribution in [2.24, 2.45) is 0 Å². The van der Waals surface area contributed by atoms with Crippen molar-refractivity contribution in [1.29, 1.82) is 0 Å². The normalized spacial score (nSPS) is 25.6. The molecule has 2 aliphatic heterocycles. The standard InChI is InChI=1S/C14H16N2O2S/c1-2-19-11-7-8-16-12(11)13(17)15-10-6-4-3-5-9(10)14(16)18/h3-6,11-12H,2,7-8H2,1H3,(H,15,17). The second kappa shape index (κ2) is 4.89. The van der Waals surface area contributed by atoms with Gasteiger partial charge in [-0.15, -0.1) is 0 Å². The van der Waals surface area contributed by atoms with Gasteiger partial charge in [-0.25, -0.2) is 0 Å². The molecule has 2 amide bonds. The van der Waals surface area contributed by atoms with E-state index in [0.717, 1.165) is 12.2 Å². The lowest BCUT2D eigenvalue weighted by molar-refractivity contribution is -0.119. The fourth-order valence-electron chi connectivity index (χ4n) is 2.83. The van der Waals surface area contributed by atoms with Crippen LogP contribution in [0.15, 0.2) is 24.3 Å². The van der Waals surface area contributed by atoms with Crippen LogP contribution in [-0.4, -0.2) is 40.3 Å². The summed E-state index contributed by atoms with van der Waals surface area (Å²) < 4.78 is 0. The van der Waals surface area contributed by atoms with Gasteiger partial charge >= 0.3 is 0 Å². The minimum absolute atomic E-state index is 0.0295. The second-order valence-corrected chi connectivity index (χ2v) is 6.28. The molecule has 0 aliphatic carbocycles. The molecule has 2 heterocycles. The van der Waals surface area contributed by atoms with E-state index < -0.39 is 0 Å². The quantitative estimate of drug-likeness (QED) is 0.898. The van der Waals surface area contributed by atoms with Crippen LogP contribution >= 0.6 is 11.8 Å². The molecule has 3 rings (SSSR count). The molecule has 1 aromatic carbocycles. The molecule has 0 bridgehead atoms. The number of carbonyl (C=O) groups is 2. The maximum Gasteiger partial charge on any atom is 0.256 e. The number of amides is 2. The molecular formula is C14H16N2O2S. The van der Waals surface area contributed by atoms with E-state index in [-0.39, 0.29) is 23.1 Å². The van der Waals surface area contributed by atoms with E-state index in [1.54, 1.807) is 28.8 Å². The van der Waals surface area contributed by atoms with E-state index in [2.05, 4.69) is 12.2 Å². The smallest absolute Gasteiger partial charge is 0.256 e.